The molecule has 3 heterocycles. The Balaban J connectivity index is 1.38. The number of aliphatic hydroxyl groups is 1. The van der Waals surface area contributed by atoms with Crippen LogP contribution in [0.5, 0.6) is 0 Å². The number of aliphatic hydroxyl groups excluding tert-OH is 1. The van der Waals surface area contributed by atoms with Gasteiger partial charge in [0.05, 0.1) is 17.9 Å². The lowest BCUT2D eigenvalue weighted by Crippen LogP contribution is -2.36. The van der Waals surface area contributed by atoms with Crippen molar-refractivity contribution in [1.82, 2.24) is 15.0 Å². The Morgan fingerprint density at radius 2 is 2.03 bits per heavy atom. The number of benzene rings is 1. The van der Waals surface area contributed by atoms with Crippen molar-refractivity contribution < 1.29 is 18.7 Å². The summed E-state index contributed by atoms with van der Waals surface area (Å²) in [5.74, 6) is 0.358. The quantitative estimate of drug-likeness (QED) is 0.387. The first-order valence-corrected chi connectivity index (χ1v) is 16.0. The molecule has 1 amide bonds. The molecule has 2 saturated heterocycles. The van der Waals surface area contributed by atoms with Crippen LogP contribution in [0.2, 0.25) is 18.6 Å². The lowest BCUT2D eigenvalue weighted by molar-refractivity contribution is -0.119. The number of carbonyl (C=O) groups excluding carboxylic acids is 1. The summed E-state index contributed by atoms with van der Waals surface area (Å²) in [5.41, 5.74) is 2.86. The number of carbonyl (C=O) groups is 1. The first kappa shape index (κ1) is 26.0. The highest BCUT2D eigenvalue weighted by Crippen LogP contribution is 2.47. The van der Waals surface area contributed by atoms with Crippen LogP contribution in [0.15, 0.2) is 30.5 Å². The van der Waals surface area contributed by atoms with E-state index < -0.39 is 8.41 Å². The average molecular weight is 503 g/mol. The number of aromatic nitrogens is 3. The van der Waals surface area contributed by atoms with Crippen molar-refractivity contribution in [3.8, 4) is 0 Å². The summed E-state index contributed by atoms with van der Waals surface area (Å²) in [4.78, 5) is 14.2. The van der Waals surface area contributed by atoms with Crippen LogP contribution in [0.25, 0.3) is 0 Å². The Morgan fingerprint density at radius 1 is 1.20 bits per heavy atom. The first-order chi connectivity index (χ1) is 16.8. The van der Waals surface area contributed by atoms with E-state index in [1.54, 1.807) is 17.8 Å². The molecule has 4 atom stereocenters. The number of anilines is 1. The van der Waals surface area contributed by atoms with Gasteiger partial charge in [0.25, 0.3) is 0 Å². The van der Waals surface area contributed by atoms with E-state index in [0.717, 1.165) is 43.6 Å². The van der Waals surface area contributed by atoms with E-state index in [2.05, 4.69) is 29.4 Å². The fraction of sp³-hybridized carbons (Fsp3) is 0.654. The van der Waals surface area contributed by atoms with E-state index in [4.69, 9.17) is 9.84 Å². The molecule has 0 spiro atoms. The predicted molar refractivity (Wildman–Crippen MR) is 137 cm³/mol. The third-order valence-electron chi connectivity index (χ3n) is 7.56. The Kier molecular flexibility index (Phi) is 8.39. The van der Waals surface area contributed by atoms with E-state index in [1.807, 2.05) is 23.2 Å². The smallest absolute Gasteiger partial charge is 0.246 e. The van der Waals surface area contributed by atoms with E-state index in [1.165, 1.54) is 5.56 Å². The minimum atomic E-state index is -2.93. The Morgan fingerprint density at radius 3 is 2.77 bits per heavy atom. The summed E-state index contributed by atoms with van der Waals surface area (Å²) in [6.07, 6.45) is 7.22. The molecule has 0 unspecified atom stereocenters. The highest BCUT2D eigenvalue weighted by molar-refractivity contribution is 6.72. The second kappa shape index (κ2) is 11.3. The van der Waals surface area contributed by atoms with Crippen LogP contribution in [0.4, 0.5) is 9.80 Å². The fourth-order valence-electron chi connectivity index (χ4n) is 5.85. The summed E-state index contributed by atoms with van der Waals surface area (Å²) >= 11 is 0. The van der Waals surface area contributed by atoms with Crippen molar-refractivity contribution in [2.45, 2.75) is 89.3 Å². The van der Waals surface area contributed by atoms with Crippen molar-refractivity contribution in [1.29, 1.82) is 0 Å². The molecule has 2 aliphatic rings. The molecule has 35 heavy (non-hydrogen) atoms. The number of amides is 1. The molecule has 7 nitrogen and oxygen atoms in total. The van der Waals surface area contributed by atoms with Crippen LogP contribution in [0.3, 0.4) is 0 Å². The summed E-state index contributed by atoms with van der Waals surface area (Å²) in [5, 5.41) is 17.3. The molecule has 2 fully saturated rings. The third-order valence-corrected chi connectivity index (χ3v) is 10.0. The molecule has 9 heteroatoms. The Labute approximate surface area is 208 Å². The van der Waals surface area contributed by atoms with Gasteiger partial charge in [-0.3, -0.25) is 9.48 Å². The molecule has 1 aromatic carbocycles. The van der Waals surface area contributed by atoms with E-state index >= 15 is 4.11 Å². The molecule has 1 N–H and O–H groups in total. The second-order valence-electron chi connectivity index (χ2n) is 10.6. The van der Waals surface area contributed by atoms with Gasteiger partial charge in [-0.2, -0.15) is 0 Å². The monoisotopic (exact) mass is 502 g/mol. The van der Waals surface area contributed by atoms with E-state index in [9.17, 15) is 4.79 Å². The van der Waals surface area contributed by atoms with Crippen molar-refractivity contribution in [2.75, 3.05) is 18.1 Å². The number of hydrogen-bond acceptors (Lipinski definition) is 5. The maximum absolute atomic E-state index is 15.4. The minimum absolute atomic E-state index is 0.00787. The first-order valence-electron chi connectivity index (χ1n) is 13.0. The summed E-state index contributed by atoms with van der Waals surface area (Å²) in [6, 6.07) is 8.27. The van der Waals surface area contributed by atoms with Gasteiger partial charge in [-0.15, -0.1) is 5.10 Å². The maximum Gasteiger partial charge on any atom is 0.246 e. The molecule has 1 aromatic heterocycles. The third kappa shape index (κ3) is 6.37. The Hall–Kier alpha value is -2.10. The predicted octanol–water partition coefficient (Wildman–Crippen LogP) is 4.30. The zero-order valence-corrected chi connectivity index (χ0v) is 22.2. The van der Waals surface area contributed by atoms with Crippen molar-refractivity contribution >= 4 is 20.0 Å². The van der Waals surface area contributed by atoms with E-state index in [0.29, 0.717) is 25.8 Å². The van der Waals surface area contributed by atoms with Crippen LogP contribution >= 0.6 is 0 Å². The van der Waals surface area contributed by atoms with Gasteiger partial charge < -0.3 is 18.9 Å². The topological polar surface area (TPSA) is 80.5 Å². The molecular formula is C26H39FN4O3Si. The number of halogens is 1. The van der Waals surface area contributed by atoms with Crippen LogP contribution < -0.4 is 4.90 Å². The second-order valence-corrected chi connectivity index (χ2v) is 14.4. The number of piperidine rings is 1. The van der Waals surface area contributed by atoms with Gasteiger partial charge in [-0.1, -0.05) is 24.3 Å². The van der Waals surface area contributed by atoms with Gasteiger partial charge in [0.1, 0.15) is 0 Å². The molecule has 0 bridgehead atoms. The lowest BCUT2D eigenvalue weighted by atomic mass is 9.95. The molecule has 192 valence electrons. The highest BCUT2D eigenvalue weighted by Gasteiger charge is 2.50. The zero-order chi connectivity index (χ0) is 25.0. The number of hydrogen-bond donors (Lipinski definition) is 1. The largest absolute Gasteiger partial charge is 0.396 e. The van der Waals surface area contributed by atoms with Crippen LogP contribution in [0, 0.1) is 5.92 Å². The molecule has 0 aliphatic carbocycles. The fourth-order valence-corrected chi connectivity index (χ4v) is 8.45. The molecule has 2 aromatic rings. The van der Waals surface area contributed by atoms with Crippen molar-refractivity contribution in [2.24, 2.45) is 5.92 Å². The van der Waals surface area contributed by atoms with Crippen molar-refractivity contribution in [3.63, 3.8) is 0 Å². The lowest BCUT2D eigenvalue weighted by Gasteiger charge is -2.28. The maximum atomic E-state index is 15.4. The van der Waals surface area contributed by atoms with Gasteiger partial charge in [-0.25, -0.2) is 0 Å². The SMILES string of the molecule is C[C@H]1[C@H]([Si](C)(C)F)[C@@H](CCn2cc(CCO)nn2)O[C@H]1CCc1cccc(N2CCCCC2=O)c1. The van der Waals surface area contributed by atoms with Crippen LogP contribution in [0.1, 0.15) is 50.3 Å². The minimum Gasteiger partial charge on any atom is -0.396 e. The normalized spacial score (nSPS) is 25.4. The number of rotatable bonds is 10. The van der Waals surface area contributed by atoms with Crippen LogP contribution in [-0.4, -0.2) is 59.8 Å². The van der Waals surface area contributed by atoms with Crippen molar-refractivity contribution in [3.05, 3.63) is 41.7 Å². The van der Waals surface area contributed by atoms with Gasteiger partial charge in [0.2, 0.25) is 14.3 Å². The van der Waals surface area contributed by atoms with Gasteiger partial charge in [-0.05, 0) is 68.8 Å². The van der Waals surface area contributed by atoms with Crippen LogP contribution in [-0.2, 0) is 28.9 Å². The highest BCUT2D eigenvalue weighted by atomic mass is 28.4. The standard InChI is InChI=1S/C26H39FN4O3Si/c1-19-23(11-10-20-7-6-8-22(17-20)31-14-5-4-9-25(31)33)34-24(26(19)35(2,3)27)12-15-30-18-21(13-16-32)28-29-30/h6-8,17-19,23-24,26,32H,4-5,9-16H2,1-3H3/t19-,23+,24-,26+/m1/s1. The number of nitrogens with zero attached hydrogens (tertiary/aromatic N) is 4. The summed E-state index contributed by atoms with van der Waals surface area (Å²) in [7, 11) is -2.93. The summed E-state index contributed by atoms with van der Waals surface area (Å²) < 4.78 is 23.7. The molecule has 4 rings (SSSR count). The molecular weight excluding hydrogens is 463 g/mol. The molecule has 2 aliphatic heterocycles. The van der Waals surface area contributed by atoms with Gasteiger partial charge in [0, 0.05) is 50.0 Å². The number of ether oxygens (including phenoxy) is 1. The van der Waals surface area contributed by atoms with Gasteiger partial charge >= 0.3 is 0 Å². The molecule has 0 saturated carbocycles. The molecule has 0 radical (unpaired) electrons. The Bertz CT molecular complexity index is 995. The zero-order valence-electron chi connectivity index (χ0n) is 21.2. The van der Waals surface area contributed by atoms with E-state index in [-0.39, 0.29) is 36.2 Å². The average Bonchev–Trinajstić information content (AvgIpc) is 3.40. The van der Waals surface area contributed by atoms with Gasteiger partial charge in [0.15, 0.2) is 0 Å². The summed E-state index contributed by atoms with van der Waals surface area (Å²) in [6.45, 7) is 7.18. The number of aryl methyl sites for hydroxylation is 2.